The number of hydrogen-bond acceptors (Lipinski definition) is 1. The van der Waals surface area contributed by atoms with Crippen LogP contribution in [-0.2, 0) is 39.3 Å². The molecule has 0 aliphatic rings. The van der Waals surface area contributed by atoms with Crippen LogP contribution in [0.15, 0.2) is 36.4 Å². The van der Waals surface area contributed by atoms with E-state index in [9.17, 15) is 4.79 Å². The zero-order chi connectivity index (χ0) is 24.7. The molecular weight excluding hydrogens is 388 g/mol. The Morgan fingerprint density at radius 3 is 0.875 bits per heavy atom. The Morgan fingerprint density at radius 2 is 0.688 bits per heavy atom. The second-order valence-corrected chi connectivity index (χ2v) is 13.7. The first-order chi connectivity index (χ1) is 14.3. The summed E-state index contributed by atoms with van der Waals surface area (Å²) in [4.78, 5) is 13.2. The fourth-order valence-corrected chi connectivity index (χ4v) is 3.84. The molecule has 2 rings (SSSR count). The van der Waals surface area contributed by atoms with Gasteiger partial charge in [-0.1, -0.05) is 119 Å². The van der Waals surface area contributed by atoms with Crippen LogP contribution in [0.5, 0.6) is 0 Å². The van der Waals surface area contributed by atoms with Crippen LogP contribution in [0.3, 0.4) is 0 Å². The standard InChI is InChI=1S/C31H46O/c1-28(2,3)23-13-21(14-24(19-23)29(4,5)6)17-27(32)18-22-15-25(30(7,8)9)20-26(16-22)31(10,11)12/h13-16,19-20H,17-18H2,1-12H3. The molecule has 0 saturated heterocycles. The molecule has 0 saturated carbocycles. The molecule has 0 bridgehead atoms. The van der Waals surface area contributed by atoms with Crippen LogP contribution in [0.25, 0.3) is 0 Å². The lowest BCUT2D eigenvalue weighted by Crippen LogP contribution is -2.19. The van der Waals surface area contributed by atoms with Crippen molar-refractivity contribution in [1.29, 1.82) is 0 Å². The molecule has 2 aromatic rings. The highest BCUT2D eigenvalue weighted by Gasteiger charge is 2.23. The maximum atomic E-state index is 13.2. The van der Waals surface area contributed by atoms with Gasteiger partial charge in [0.25, 0.3) is 0 Å². The fourth-order valence-electron chi connectivity index (χ4n) is 3.84. The van der Waals surface area contributed by atoms with Gasteiger partial charge < -0.3 is 0 Å². The second-order valence-electron chi connectivity index (χ2n) is 13.7. The molecule has 0 N–H and O–H groups in total. The quantitative estimate of drug-likeness (QED) is 0.473. The van der Waals surface area contributed by atoms with Crippen molar-refractivity contribution < 1.29 is 4.79 Å². The van der Waals surface area contributed by atoms with Crippen molar-refractivity contribution in [2.45, 2.75) is 118 Å². The van der Waals surface area contributed by atoms with Gasteiger partial charge in [0.05, 0.1) is 0 Å². The highest BCUT2D eigenvalue weighted by molar-refractivity contribution is 5.83. The Kier molecular flexibility index (Phi) is 7.25. The maximum Gasteiger partial charge on any atom is 0.141 e. The van der Waals surface area contributed by atoms with Gasteiger partial charge in [-0.25, -0.2) is 0 Å². The van der Waals surface area contributed by atoms with E-state index in [-0.39, 0.29) is 27.4 Å². The molecule has 0 spiro atoms. The van der Waals surface area contributed by atoms with Gasteiger partial charge in [-0.15, -0.1) is 0 Å². The van der Waals surface area contributed by atoms with E-state index in [1.165, 1.54) is 22.3 Å². The van der Waals surface area contributed by atoms with Crippen molar-refractivity contribution in [3.05, 3.63) is 69.8 Å². The first-order valence-corrected chi connectivity index (χ1v) is 12.1. The molecule has 1 heteroatoms. The van der Waals surface area contributed by atoms with E-state index in [1.54, 1.807) is 0 Å². The Balaban J connectivity index is 2.39. The van der Waals surface area contributed by atoms with Crippen LogP contribution in [0, 0.1) is 0 Å². The molecule has 0 amide bonds. The highest BCUT2D eigenvalue weighted by atomic mass is 16.1. The Morgan fingerprint density at radius 1 is 0.469 bits per heavy atom. The maximum absolute atomic E-state index is 13.2. The Labute approximate surface area is 198 Å². The van der Waals surface area contributed by atoms with E-state index < -0.39 is 0 Å². The minimum absolute atomic E-state index is 0.0572. The lowest BCUT2D eigenvalue weighted by Gasteiger charge is -2.26. The number of carbonyl (C=O) groups is 1. The summed E-state index contributed by atoms with van der Waals surface area (Å²) in [5.74, 6) is 0.279. The SMILES string of the molecule is CC(C)(C)c1cc(CC(=O)Cc2cc(C(C)(C)C)cc(C(C)(C)C)c2)cc(C(C)(C)C)c1. The van der Waals surface area contributed by atoms with Crippen LogP contribution < -0.4 is 0 Å². The van der Waals surface area contributed by atoms with E-state index in [4.69, 9.17) is 0 Å². The van der Waals surface area contributed by atoms with Gasteiger partial charge in [0.2, 0.25) is 0 Å². The topological polar surface area (TPSA) is 17.1 Å². The van der Waals surface area contributed by atoms with Crippen LogP contribution in [0.1, 0.15) is 116 Å². The van der Waals surface area contributed by atoms with Crippen LogP contribution in [0.2, 0.25) is 0 Å². The first-order valence-electron chi connectivity index (χ1n) is 12.1. The van der Waals surface area contributed by atoms with E-state index in [0.717, 1.165) is 11.1 Å². The molecule has 0 aliphatic carbocycles. The Bertz CT molecular complexity index is 819. The number of carbonyl (C=O) groups excluding carboxylic acids is 1. The van der Waals surface area contributed by atoms with Crippen LogP contribution >= 0.6 is 0 Å². The Hall–Kier alpha value is -1.89. The summed E-state index contributed by atoms with van der Waals surface area (Å²) >= 11 is 0. The average Bonchev–Trinajstić information content (AvgIpc) is 2.58. The third kappa shape index (κ3) is 7.06. The van der Waals surface area contributed by atoms with Gasteiger partial charge in [0.15, 0.2) is 0 Å². The summed E-state index contributed by atoms with van der Waals surface area (Å²) in [5.41, 5.74) is 7.71. The lowest BCUT2D eigenvalue weighted by atomic mass is 9.78. The molecule has 0 radical (unpaired) electrons. The van der Waals surface area contributed by atoms with Crippen molar-refractivity contribution >= 4 is 5.78 Å². The van der Waals surface area contributed by atoms with Crippen molar-refractivity contribution in [2.24, 2.45) is 0 Å². The molecule has 0 unspecified atom stereocenters. The average molecular weight is 435 g/mol. The van der Waals surface area contributed by atoms with E-state index in [1.807, 2.05) is 0 Å². The number of benzene rings is 2. The predicted octanol–water partition coefficient (Wildman–Crippen LogP) is 8.23. The minimum Gasteiger partial charge on any atom is -0.299 e. The third-order valence-corrected chi connectivity index (χ3v) is 6.25. The summed E-state index contributed by atoms with van der Waals surface area (Å²) in [6.07, 6.45) is 0.967. The molecule has 176 valence electrons. The number of rotatable bonds is 4. The van der Waals surface area contributed by atoms with E-state index in [2.05, 4.69) is 119 Å². The second kappa shape index (κ2) is 8.81. The monoisotopic (exact) mass is 434 g/mol. The summed E-state index contributed by atoms with van der Waals surface area (Å²) in [5, 5.41) is 0. The van der Waals surface area contributed by atoms with Gasteiger partial charge in [0, 0.05) is 12.8 Å². The van der Waals surface area contributed by atoms with Gasteiger partial charge in [-0.05, 0) is 55.0 Å². The third-order valence-electron chi connectivity index (χ3n) is 6.25. The zero-order valence-electron chi connectivity index (χ0n) is 22.8. The molecular formula is C31H46O. The van der Waals surface area contributed by atoms with Gasteiger partial charge in [-0.2, -0.15) is 0 Å². The van der Waals surface area contributed by atoms with E-state index >= 15 is 0 Å². The summed E-state index contributed by atoms with van der Waals surface area (Å²) in [7, 11) is 0. The molecule has 0 fully saturated rings. The fraction of sp³-hybridized carbons (Fsp3) is 0.581. The number of hydrogen-bond donors (Lipinski definition) is 0. The molecule has 2 aromatic carbocycles. The smallest absolute Gasteiger partial charge is 0.141 e. The number of ketones is 1. The molecule has 0 aliphatic heterocycles. The largest absolute Gasteiger partial charge is 0.299 e. The molecule has 32 heavy (non-hydrogen) atoms. The van der Waals surface area contributed by atoms with Gasteiger partial charge in [0.1, 0.15) is 5.78 Å². The summed E-state index contributed by atoms with van der Waals surface area (Å²) in [6, 6.07) is 13.6. The normalized spacial score (nSPS) is 13.4. The molecule has 0 atom stereocenters. The van der Waals surface area contributed by atoms with Crippen molar-refractivity contribution in [3.8, 4) is 0 Å². The molecule has 1 nitrogen and oxygen atoms in total. The zero-order valence-corrected chi connectivity index (χ0v) is 22.8. The van der Waals surface area contributed by atoms with Crippen molar-refractivity contribution in [1.82, 2.24) is 0 Å². The molecule has 0 heterocycles. The van der Waals surface area contributed by atoms with E-state index in [0.29, 0.717) is 12.8 Å². The minimum atomic E-state index is 0.0572. The summed E-state index contributed by atoms with van der Waals surface area (Å²) in [6.45, 7) is 26.9. The number of Topliss-reactive ketones (excluding diaryl/α,β-unsaturated/α-hetero) is 1. The van der Waals surface area contributed by atoms with Crippen LogP contribution in [0.4, 0.5) is 0 Å². The van der Waals surface area contributed by atoms with Gasteiger partial charge >= 0.3 is 0 Å². The van der Waals surface area contributed by atoms with Crippen LogP contribution in [-0.4, -0.2) is 5.78 Å². The molecule has 0 aromatic heterocycles. The highest BCUT2D eigenvalue weighted by Crippen LogP contribution is 2.32. The summed E-state index contributed by atoms with van der Waals surface area (Å²) < 4.78 is 0. The first kappa shape index (κ1) is 26.4. The predicted molar refractivity (Wildman–Crippen MR) is 140 cm³/mol. The lowest BCUT2D eigenvalue weighted by molar-refractivity contribution is -0.117. The van der Waals surface area contributed by atoms with Crippen molar-refractivity contribution in [2.75, 3.05) is 0 Å². The van der Waals surface area contributed by atoms with Gasteiger partial charge in [-0.3, -0.25) is 4.79 Å². The van der Waals surface area contributed by atoms with Crippen molar-refractivity contribution in [3.63, 3.8) is 0 Å².